The normalized spacial score (nSPS) is 13.5. The van der Waals surface area contributed by atoms with E-state index in [1.807, 2.05) is 67.6 Å². The van der Waals surface area contributed by atoms with E-state index in [1.165, 1.54) is 17.3 Å². The number of hydrogen-bond donors (Lipinski definition) is 1. The van der Waals surface area contributed by atoms with Crippen molar-refractivity contribution in [1.82, 2.24) is 0 Å². The van der Waals surface area contributed by atoms with Gasteiger partial charge in [0.2, 0.25) is 0 Å². The summed E-state index contributed by atoms with van der Waals surface area (Å²) in [7, 11) is 0. The standard InChI is InChI=1S/C19H22O2S/c1-15(18(20)13-12-16-8-4-2-5-9-16)19(21)22-14-17-10-6-3-7-11-17/h2-11,15,18,20H,12-14H2,1H3/t15-,18-/m0/s1. The molecule has 2 rings (SSSR count). The maximum Gasteiger partial charge on any atom is 0.194 e. The Bertz CT molecular complexity index is 569. The molecule has 0 radical (unpaired) electrons. The van der Waals surface area contributed by atoms with Gasteiger partial charge in [-0.2, -0.15) is 0 Å². The zero-order chi connectivity index (χ0) is 15.8. The van der Waals surface area contributed by atoms with E-state index >= 15 is 0 Å². The highest BCUT2D eigenvalue weighted by atomic mass is 32.2. The van der Waals surface area contributed by atoms with Crippen LogP contribution in [0, 0.1) is 5.92 Å². The van der Waals surface area contributed by atoms with E-state index < -0.39 is 6.10 Å². The van der Waals surface area contributed by atoms with Crippen LogP contribution in [0.15, 0.2) is 60.7 Å². The lowest BCUT2D eigenvalue weighted by molar-refractivity contribution is -0.117. The molecule has 0 aliphatic carbocycles. The Labute approximate surface area is 136 Å². The second kappa shape index (κ2) is 8.76. The Morgan fingerprint density at radius 1 is 1.00 bits per heavy atom. The molecular weight excluding hydrogens is 292 g/mol. The molecule has 1 N–H and O–H groups in total. The van der Waals surface area contributed by atoms with Crippen molar-refractivity contribution < 1.29 is 9.90 Å². The summed E-state index contributed by atoms with van der Waals surface area (Å²) >= 11 is 1.29. The summed E-state index contributed by atoms with van der Waals surface area (Å²) in [6.45, 7) is 1.82. The number of thioether (sulfide) groups is 1. The van der Waals surface area contributed by atoms with E-state index in [2.05, 4.69) is 0 Å². The lowest BCUT2D eigenvalue weighted by Crippen LogP contribution is -2.24. The van der Waals surface area contributed by atoms with E-state index in [9.17, 15) is 9.90 Å². The summed E-state index contributed by atoms with van der Waals surface area (Å²) in [6.07, 6.45) is 0.821. The summed E-state index contributed by atoms with van der Waals surface area (Å²) in [6, 6.07) is 20.0. The van der Waals surface area contributed by atoms with Crippen molar-refractivity contribution in [3.8, 4) is 0 Å². The van der Waals surface area contributed by atoms with Gasteiger partial charge in [0, 0.05) is 5.75 Å². The second-order valence-corrected chi connectivity index (χ2v) is 6.45. The molecule has 0 amide bonds. The summed E-state index contributed by atoms with van der Waals surface area (Å²) in [5.41, 5.74) is 2.32. The SMILES string of the molecule is C[C@H](C(=O)SCc1ccccc1)[C@@H](O)CCc1ccccc1. The minimum atomic E-state index is -0.587. The van der Waals surface area contributed by atoms with Gasteiger partial charge in [0.15, 0.2) is 5.12 Å². The van der Waals surface area contributed by atoms with Crippen LogP contribution < -0.4 is 0 Å². The Balaban J connectivity index is 1.77. The molecule has 0 aromatic heterocycles. The maximum absolute atomic E-state index is 12.2. The van der Waals surface area contributed by atoms with Crippen molar-refractivity contribution in [3.63, 3.8) is 0 Å². The number of benzene rings is 2. The lowest BCUT2D eigenvalue weighted by atomic mass is 9.99. The highest BCUT2D eigenvalue weighted by Crippen LogP contribution is 2.21. The molecule has 2 nitrogen and oxygen atoms in total. The zero-order valence-corrected chi connectivity index (χ0v) is 13.6. The third-order valence-corrected chi connectivity index (χ3v) is 4.88. The summed E-state index contributed by atoms with van der Waals surface area (Å²) < 4.78 is 0. The molecule has 0 saturated carbocycles. The van der Waals surface area contributed by atoms with E-state index in [1.54, 1.807) is 0 Å². The van der Waals surface area contributed by atoms with Gasteiger partial charge in [-0.3, -0.25) is 4.79 Å². The average molecular weight is 314 g/mol. The molecule has 0 fully saturated rings. The van der Waals surface area contributed by atoms with Gasteiger partial charge in [0.25, 0.3) is 0 Å². The average Bonchev–Trinajstić information content (AvgIpc) is 2.58. The molecule has 0 heterocycles. The molecule has 0 spiro atoms. The topological polar surface area (TPSA) is 37.3 Å². The van der Waals surface area contributed by atoms with Crippen LogP contribution in [0.5, 0.6) is 0 Å². The van der Waals surface area contributed by atoms with Crippen molar-refractivity contribution in [2.24, 2.45) is 5.92 Å². The fourth-order valence-corrected chi connectivity index (χ4v) is 3.15. The van der Waals surface area contributed by atoms with Gasteiger partial charge >= 0.3 is 0 Å². The minimum absolute atomic E-state index is 0.0596. The number of hydrogen-bond acceptors (Lipinski definition) is 3. The molecule has 0 aliphatic rings. The molecule has 3 heteroatoms. The first-order valence-electron chi connectivity index (χ1n) is 7.59. The first-order chi connectivity index (χ1) is 10.7. The van der Waals surface area contributed by atoms with Crippen LogP contribution in [0.1, 0.15) is 24.5 Å². The number of aliphatic hydroxyl groups is 1. The van der Waals surface area contributed by atoms with Crippen LogP contribution in [0.4, 0.5) is 0 Å². The fourth-order valence-electron chi connectivity index (χ4n) is 2.23. The van der Waals surface area contributed by atoms with Gasteiger partial charge in [-0.05, 0) is 24.0 Å². The Kier molecular flexibility index (Phi) is 6.69. The van der Waals surface area contributed by atoms with Crippen LogP contribution in [0.3, 0.4) is 0 Å². The Morgan fingerprint density at radius 2 is 1.55 bits per heavy atom. The monoisotopic (exact) mass is 314 g/mol. The largest absolute Gasteiger partial charge is 0.392 e. The molecule has 0 unspecified atom stereocenters. The van der Waals surface area contributed by atoms with Gasteiger partial charge in [-0.25, -0.2) is 0 Å². The van der Waals surface area contributed by atoms with E-state index in [4.69, 9.17) is 0 Å². The van der Waals surface area contributed by atoms with Crippen molar-refractivity contribution in [1.29, 1.82) is 0 Å². The van der Waals surface area contributed by atoms with Crippen LogP contribution in [-0.2, 0) is 17.0 Å². The number of rotatable bonds is 7. The highest BCUT2D eigenvalue weighted by molar-refractivity contribution is 8.13. The van der Waals surface area contributed by atoms with Gasteiger partial charge in [-0.15, -0.1) is 0 Å². The number of carbonyl (C=O) groups excluding carboxylic acids is 1. The van der Waals surface area contributed by atoms with Crippen molar-refractivity contribution in [3.05, 3.63) is 71.8 Å². The quantitative estimate of drug-likeness (QED) is 0.837. The molecule has 0 bridgehead atoms. The predicted molar refractivity (Wildman–Crippen MR) is 92.7 cm³/mol. The highest BCUT2D eigenvalue weighted by Gasteiger charge is 2.22. The van der Waals surface area contributed by atoms with Crippen LogP contribution in [-0.4, -0.2) is 16.3 Å². The summed E-state index contributed by atoms with van der Waals surface area (Å²) in [4.78, 5) is 12.2. The molecule has 2 aromatic rings. The lowest BCUT2D eigenvalue weighted by Gasteiger charge is -2.17. The molecule has 2 atom stereocenters. The van der Waals surface area contributed by atoms with Crippen LogP contribution >= 0.6 is 11.8 Å². The van der Waals surface area contributed by atoms with Gasteiger partial charge in [-0.1, -0.05) is 79.3 Å². The Hall–Kier alpha value is -1.58. The minimum Gasteiger partial charge on any atom is -0.392 e. The molecule has 2 aromatic carbocycles. The number of aliphatic hydroxyl groups excluding tert-OH is 1. The fraction of sp³-hybridized carbons (Fsp3) is 0.316. The number of carbonyl (C=O) groups is 1. The van der Waals surface area contributed by atoms with Gasteiger partial charge < -0.3 is 5.11 Å². The van der Waals surface area contributed by atoms with Crippen molar-refractivity contribution in [2.75, 3.05) is 0 Å². The third-order valence-electron chi connectivity index (χ3n) is 3.74. The van der Waals surface area contributed by atoms with Crippen molar-refractivity contribution >= 4 is 16.9 Å². The molecule has 0 saturated heterocycles. The molecule has 0 aliphatic heterocycles. The summed E-state index contributed by atoms with van der Waals surface area (Å²) in [5, 5.41) is 10.3. The smallest absolute Gasteiger partial charge is 0.194 e. The second-order valence-electron chi connectivity index (χ2n) is 5.47. The number of aryl methyl sites for hydroxylation is 1. The summed E-state index contributed by atoms with van der Waals surface area (Å²) in [5.74, 6) is 0.326. The maximum atomic E-state index is 12.2. The molecular formula is C19H22O2S. The van der Waals surface area contributed by atoms with E-state index in [0.717, 1.165) is 12.0 Å². The van der Waals surface area contributed by atoms with Gasteiger partial charge in [0.1, 0.15) is 0 Å². The first kappa shape index (κ1) is 16.8. The van der Waals surface area contributed by atoms with Crippen molar-refractivity contribution in [2.45, 2.75) is 31.6 Å². The van der Waals surface area contributed by atoms with E-state index in [0.29, 0.717) is 12.2 Å². The predicted octanol–water partition coefficient (Wildman–Crippen LogP) is 4.08. The molecule has 22 heavy (non-hydrogen) atoms. The third kappa shape index (κ3) is 5.32. The zero-order valence-electron chi connectivity index (χ0n) is 12.8. The van der Waals surface area contributed by atoms with Gasteiger partial charge in [0.05, 0.1) is 12.0 Å². The van der Waals surface area contributed by atoms with E-state index in [-0.39, 0.29) is 11.0 Å². The first-order valence-corrected chi connectivity index (χ1v) is 8.58. The molecule has 116 valence electrons. The Morgan fingerprint density at radius 3 is 2.14 bits per heavy atom. The van der Waals surface area contributed by atoms with Crippen LogP contribution in [0.2, 0.25) is 0 Å². The van der Waals surface area contributed by atoms with Crippen LogP contribution in [0.25, 0.3) is 0 Å².